The van der Waals surface area contributed by atoms with E-state index >= 15 is 0 Å². The van der Waals surface area contributed by atoms with Crippen molar-refractivity contribution in [2.24, 2.45) is 0 Å². The summed E-state index contributed by atoms with van der Waals surface area (Å²) >= 11 is 1.56. The van der Waals surface area contributed by atoms with Gasteiger partial charge in [-0.2, -0.15) is 11.3 Å². The van der Waals surface area contributed by atoms with Crippen LogP contribution in [0.25, 0.3) is 0 Å². The maximum absolute atomic E-state index is 11.3. The Morgan fingerprint density at radius 3 is 2.67 bits per heavy atom. The van der Waals surface area contributed by atoms with Crippen molar-refractivity contribution in [1.82, 2.24) is 4.90 Å². The number of rotatable bonds is 3. The summed E-state index contributed by atoms with van der Waals surface area (Å²) in [5, 5.41) is 13.1. The fourth-order valence-electron chi connectivity index (χ4n) is 2.12. The van der Waals surface area contributed by atoms with Crippen LogP contribution in [0.3, 0.4) is 0 Å². The molecule has 1 N–H and O–H groups in total. The standard InChI is InChI=1S/C11H15NO2S/c13-11(14)10(9-4-7-15-8-9)12-5-2-1-3-6-12/h4,7-8,10H,1-3,5-6H2,(H,13,14). The summed E-state index contributed by atoms with van der Waals surface area (Å²) < 4.78 is 0. The zero-order chi connectivity index (χ0) is 10.7. The quantitative estimate of drug-likeness (QED) is 0.858. The molecule has 0 amide bonds. The average Bonchev–Trinajstić information content (AvgIpc) is 2.72. The highest BCUT2D eigenvalue weighted by molar-refractivity contribution is 7.08. The van der Waals surface area contributed by atoms with Crippen molar-refractivity contribution >= 4 is 17.3 Å². The van der Waals surface area contributed by atoms with Crippen molar-refractivity contribution in [3.63, 3.8) is 0 Å². The largest absolute Gasteiger partial charge is 0.480 e. The lowest BCUT2D eigenvalue weighted by molar-refractivity contribution is -0.144. The van der Waals surface area contributed by atoms with Crippen LogP contribution in [0, 0.1) is 0 Å². The fourth-order valence-corrected chi connectivity index (χ4v) is 2.80. The minimum absolute atomic E-state index is 0.434. The number of carboxylic acids is 1. The van der Waals surface area contributed by atoms with Crippen LogP contribution in [0.1, 0.15) is 30.9 Å². The third-order valence-electron chi connectivity index (χ3n) is 2.85. The molecule has 2 heterocycles. The zero-order valence-electron chi connectivity index (χ0n) is 8.56. The minimum Gasteiger partial charge on any atom is -0.480 e. The van der Waals surface area contributed by atoms with E-state index in [2.05, 4.69) is 4.90 Å². The van der Waals surface area contributed by atoms with Crippen molar-refractivity contribution in [3.8, 4) is 0 Å². The Bertz CT molecular complexity index is 317. The summed E-state index contributed by atoms with van der Waals surface area (Å²) in [4.78, 5) is 13.3. The second-order valence-corrected chi connectivity index (χ2v) is 4.67. The van der Waals surface area contributed by atoms with Gasteiger partial charge in [0.05, 0.1) is 0 Å². The van der Waals surface area contributed by atoms with E-state index in [9.17, 15) is 9.90 Å². The topological polar surface area (TPSA) is 40.5 Å². The van der Waals surface area contributed by atoms with Crippen LogP contribution in [-0.2, 0) is 4.79 Å². The predicted octanol–water partition coefficient (Wildman–Crippen LogP) is 2.36. The molecule has 1 aliphatic rings. The smallest absolute Gasteiger partial charge is 0.325 e. The molecule has 1 unspecified atom stereocenters. The summed E-state index contributed by atoms with van der Waals surface area (Å²) in [6.45, 7) is 1.82. The molecular formula is C11H15NO2S. The molecular weight excluding hydrogens is 210 g/mol. The van der Waals surface area contributed by atoms with E-state index in [4.69, 9.17) is 0 Å². The Kier molecular flexibility index (Phi) is 3.38. The lowest BCUT2D eigenvalue weighted by atomic mass is 10.0. The molecule has 0 spiro atoms. The van der Waals surface area contributed by atoms with E-state index in [0.29, 0.717) is 0 Å². The van der Waals surface area contributed by atoms with Gasteiger partial charge in [0, 0.05) is 0 Å². The van der Waals surface area contributed by atoms with Crippen LogP contribution in [-0.4, -0.2) is 29.1 Å². The fraction of sp³-hybridized carbons (Fsp3) is 0.545. The van der Waals surface area contributed by atoms with E-state index in [1.54, 1.807) is 11.3 Å². The molecule has 82 valence electrons. The molecule has 15 heavy (non-hydrogen) atoms. The Balaban J connectivity index is 2.15. The number of likely N-dealkylation sites (tertiary alicyclic amines) is 1. The van der Waals surface area contributed by atoms with Gasteiger partial charge in [-0.05, 0) is 48.3 Å². The molecule has 1 saturated heterocycles. The van der Waals surface area contributed by atoms with E-state index in [0.717, 1.165) is 31.5 Å². The van der Waals surface area contributed by atoms with Gasteiger partial charge in [-0.15, -0.1) is 0 Å². The van der Waals surface area contributed by atoms with E-state index < -0.39 is 12.0 Å². The highest BCUT2D eigenvalue weighted by Crippen LogP contribution is 2.26. The number of piperidine rings is 1. The normalized spacial score (nSPS) is 20.0. The average molecular weight is 225 g/mol. The molecule has 0 aromatic carbocycles. The van der Waals surface area contributed by atoms with Gasteiger partial charge in [-0.3, -0.25) is 9.69 Å². The number of hydrogen-bond donors (Lipinski definition) is 1. The molecule has 1 aromatic rings. The van der Waals surface area contributed by atoms with Crippen LogP contribution in [0.2, 0.25) is 0 Å². The molecule has 1 aliphatic heterocycles. The van der Waals surface area contributed by atoms with Gasteiger partial charge >= 0.3 is 5.97 Å². The molecule has 1 aromatic heterocycles. The molecule has 1 fully saturated rings. The monoisotopic (exact) mass is 225 g/mol. The van der Waals surface area contributed by atoms with Gasteiger partial charge in [0.25, 0.3) is 0 Å². The maximum atomic E-state index is 11.3. The first-order valence-corrected chi connectivity index (χ1v) is 6.22. The summed E-state index contributed by atoms with van der Waals surface area (Å²) in [7, 11) is 0. The Morgan fingerprint density at radius 2 is 2.13 bits per heavy atom. The third-order valence-corrected chi connectivity index (χ3v) is 3.55. The third kappa shape index (κ3) is 2.38. The van der Waals surface area contributed by atoms with Crippen LogP contribution >= 0.6 is 11.3 Å². The van der Waals surface area contributed by atoms with Gasteiger partial charge in [-0.25, -0.2) is 0 Å². The van der Waals surface area contributed by atoms with Crippen LogP contribution in [0.15, 0.2) is 16.8 Å². The van der Waals surface area contributed by atoms with Gasteiger partial charge in [0.1, 0.15) is 6.04 Å². The summed E-state index contributed by atoms with van der Waals surface area (Å²) in [5.74, 6) is -0.727. The second kappa shape index (κ2) is 4.77. The number of aliphatic carboxylic acids is 1. The number of thiophene rings is 1. The van der Waals surface area contributed by atoms with Crippen LogP contribution < -0.4 is 0 Å². The molecule has 1 atom stereocenters. The van der Waals surface area contributed by atoms with Crippen LogP contribution in [0.4, 0.5) is 0 Å². The Labute approximate surface area is 93.3 Å². The van der Waals surface area contributed by atoms with Crippen molar-refractivity contribution in [2.45, 2.75) is 25.3 Å². The maximum Gasteiger partial charge on any atom is 0.325 e. The minimum atomic E-state index is -0.727. The van der Waals surface area contributed by atoms with E-state index in [-0.39, 0.29) is 0 Å². The highest BCUT2D eigenvalue weighted by atomic mass is 32.1. The molecule has 0 aliphatic carbocycles. The molecule has 0 bridgehead atoms. The van der Waals surface area contributed by atoms with Gasteiger partial charge in [0.15, 0.2) is 0 Å². The van der Waals surface area contributed by atoms with Crippen molar-refractivity contribution in [1.29, 1.82) is 0 Å². The van der Waals surface area contributed by atoms with E-state index in [1.807, 2.05) is 16.8 Å². The summed E-state index contributed by atoms with van der Waals surface area (Å²) in [6, 6.07) is 1.48. The predicted molar refractivity (Wildman–Crippen MR) is 60.1 cm³/mol. The first-order chi connectivity index (χ1) is 7.29. The van der Waals surface area contributed by atoms with Gasteiger partial charge in [-0.1, -0.05) is 6.42 Å². The van der Waals surface area contributed by atoms with E-state index in [1.165, 1.54) is 6.42 Å². The number of hydrogen-bond acceptors (Lipinski definition) is 3. The highest BCUT2D eigenvalue weighted by Gasteiger charge is 2.28. The van der Waals surface area contributed by atoms with Crippen molar-refractivity contribution in [3.05, 3.63) is 22.4 Å². The van der Waals surface area contributed by atoms with Crippen molar-refractivity contribution < 1.29 is 9.90 Å². The Hall–Kier alpha value is -0.870. The Morgan fingerprint density at radius 1 is 1.40 bits per heavy atom. The lowest BCUT2D eigenvalue weighted by Gasteiger charge is -2.31. The summed E-state index contributed by atoms with van der Waals surface area (Å²) in [5.41, 5.74) is 0.925. The zero-order valence-corrected chi connectivity index (χ0v) is 9.37. The summed E-state index contributed by atoms with van der Waals surface area (Å²) in [6.07, 6.45) is 3.47. The lowest BCUT2D eigenvalue weighted by Crippen LogP contribution is -2.37. The van der Waals surface area contributed by atoms with Crippen molar-refractivity contribution in [2.75, 3.05) is 13.1 Å². The second-order valence-electron chi connectivity index (χ2n) is 3.89. The molecule has 2 rings (SSSR count). The molecule has 0 saturated carbocycles. The number of carbonyl (C=O) groups is 1. The first-order valence-electron chi connectivity index (χ1n) is 5.28. The SMILES string of the molecule is O=C(O)C(c1ccsc1)N1CCCCC1. The number of nitrogens with zero attached hydrogens (tertiary/aromatic N) is 1. The molecule has 4 heteroatoms. The molecule has 0 radical (unpaired) electrons. The van der Waals surface area contributed by atoms with Gasteiger partial charge < -0.3 is 5.11 Å². The number of carboxylic acid groups (broad SMARTS) is 1. The van der Waals surface area contributed by atoms with Gasteiger partial charge in [0.2, 0.25) is 0 Å². The van der Waals surface area contributed by atoms with Crippen LogP contribution in [0.5, 0.6) is 0 Å². The molecule has 3 nitrogen and oxygen atoms in total. The first kappa shape index (κ1) is 10.6.